The summed E-state index contributed by atoms with van der Waals surface area (Å²) in [7, 11) is 1.64. The van der Waals surface area contributed by atoms with Crippen molar-refractivity contribution in [3.63, 3.8) is 0 Å². The molecule has 1 atom stereocenters. The molecule has 0 saturated heterocycles. The van der Waals surface area contributed by atoms with Crippen molar-refractivity contribution in [2.75, 3.05) is 19.1 Å². The second kappa shape index (κ2) is 6.28. The maximum absolute atomic E-state index is 5.46. The summed E-state index contributed by atoms with van der Waals surface area (Å²) in [6.45, 7) is 2.92. The monoisotopic (exact) mass is 212 g/mol. The number of hydrazine groups is 1. The Morgan fingerprint density at radius 1 is 1.47 bits per heavy atom. The third-order valence-corrected chi connectivity index (χ3v) is 1.77. The molecule has 0 aliphatic carbocycles. The van der Waals surface area contributed by atoms with E-state index in [0.717, 1.165) is 5.69 Å². The van der Waals surface area contributed by atoms with Crippen molar-refractivity contribution < 1.29 is 9.47 Å². The van der Waals surface area contributed by atoms with Crippen molar-refractivity contribution in [1.29, 1.82) is 0 Å². The molecule has 84 valence electrons. The van der Waals surface area contributed by atoms with Gasteiger partial charge < -0.3 is 14.9 Å². The first-order chi connectivity index (χ1) is 7.26. The van der Waals surface area contributed by atoms with Gasteiger partial charge >= 0.3 is 0 Å². The Labute approximate surface area is 88.8 Å². The Bertz CT molecular complexity index is 278. The largest absolute Gasteiger partial charge is 0.382 e. The zero-order valence-corrected chi connectivity index (χ0v) is 8.93. The van der Waals surface area contributed by atoms with Gasteiger partial charge in [0, 0.05) is 7.11 Å². The molecule has 1 aromatic rings. The maximum atomic E-state index is 5.46. The molecular weight excluding hydrogens is 196 g/mol. The van der Waals surface area contributed by atoms with E-state index in [4.69, 9.17) is 15.3 Å². The Morgan fingerprint density at radius 2 is 2.27 bits per heavy atom. The van der Waals surface area contributed by atoms with Crippen LogP contribution in [0.25, 0.3) is 0 Å². The Balaban J connectivity index is 2.37. The normalized spacial score (nSPS) is 12.5. The van der Waals surface area contributed by atoms with Crippen molar-refractivity contribution in [3.8, 4) is 0 Å². The number of nitrogens with two attached hydrogens (primary N) is 1. The standard InChI is InChI=1S/C9H16N4O2/c1-7(5-14-2)15-6-8-3-12-9(13-10)4-11-8/h3-4,7H,5-6,10H2,1-2H3,(H,12,13). The third-order valence-electron chi connectivity index (χ3n) is 1.77. The molecule has 0 aliphatic heterocycles. The van der Waals surface area contributed by atoms with Gasteiger partial charge in [0.25, 0.3) is 0 Å². The van der Waals surface area contributed by atoms with Crippen LogP contribution in [0.4, 0.5) is 5.82 Å². The molecule has 6 nitrogen and oxygen atoms in total. The van der Waals surface area contributed by atoms with E-state index in [1.807, 2.05) is 6.92 Å². The first kappa shape index (κ1) is 11.8. The zero-order valence-electron chi connectivity index (χ0n) is 8.93. The number of ether oxygens (including phenoxy) is 2. The Kier molecular flexibility index (Phi) is 4.96. The van der Waals surface area contributed by atoms with E-state index in [1.165, 1.54) is 0 Å². The number of nitrogen functional groups attached to an aromatic ring is 1. The summed E-state index contributed by atoms with van der Waals surface area (Å²) in [5, 5.41) is 0. The Morgan fingerprint density at radius 3 is 2.80 bits per heavy atom. The lowest BCUT2D eigenvalue weighted by Crippen LogP contribution is -2.15. The summed E-state index contributed by atoms with van der Waals surface area (Å²) in [4.78, 5) is 8.12. The van der Waals surface area contributed by atoms with E-state index >= 15 is 0 Å². The topological polar surface area (TPSA) is 82.3 Å². The molecule has 0 fully saturated rings. The number of rotatable bonds is 6. The predicted octanol–water partition coefficient (Wildman–Crippen LogP) is 0.314. The van der Waals surface area contributed by atoms with E-state index in [-0.39, 0.29) is 6.10 Å². The van der Waals surface area contributed by atoms with Crippen LogP contribution in [-0.2, 0) is 16.1 Å². The van der Waals surface area contributed by atoms with Crippen LogP contribution in [0.15, 0.2) is 12.4 Å². The van der Waals surface area contributed by atoms with Crippen molar-refractivity contribution >= 4 is 5.82 Å². The number of hydrogen-bond acceptors (Lipinski definition) is 6. The molecule has 0 aliphatic rings. The summed E-state index contributed by atoms with van der Waals surface area (Å²) in [6.07, 6.45) is 3.22. The molecular formula is C9H16N4O2. The van der Waals surface area contributed by atoms with Gasteiger partial charge in [-0.05, 0) is 6.92 Å². The molecule has 0 saturated carbocycles. The number of hydrogen-bond donors (Lipinski definition) is 2. The Hall–Kier alpha value is -1.24. The van der Waals surface area contributed by atoms with Gasteiger partial charge in [-0.2, -0.15) is 0 Å². The van der Waals surface area contributed by atoms with Gasteiger partial charge in [0.05, 0.1) is 37.4 Å². The summed E-state index contributed by atoms with van der Waals surface area (Å²) in [6, 6.07) is 0. The van der Waals surface area contributed by atoms with Crippen LogP contribution in [0, 0.1) is 0 Å². The third kappa shape index (κ3) is 4.20. The van der Waals surface area contributed by atoms with Gasteiger partial charge in [0.1, 0.15) is 0 Å². The highest BCUT2D eigenvalue weighted by Gasteiger charge is 2.02. The molecule has 3 N–H and O–H groups in total. The lowest BCUT2D eigenvalue weighted by Gasteiger charge is -2.11. The minimum absolute atomic E-state index is 0.0455. The fourth-order valence-corrected chi connectivity index (χ4v) is 1.01. The average Bonchev–Trinajstić information content (AvgIpc) is 2.27. The maximum Gasteiger partial charge on any atom is 0.158 e. The van der Waals surface area contributed by atoms with Crippen LogP contribution in [0.5, 0.6) is 0 Å². The lowest BCUT2D eigenvalue weighted by atomic mass is 10.4. The quantitative estimate of drug-likeness (QED) is 0.522. The second-order valence-corrected chi connectivity index (χ2v) is 3.11. The van der Waals surface area contributed by atoms with Crippen LogP contribution in [0.1, 0.15) is 12.6 Å². The summed E-state index contributed by atoms with van der Waals surface area (Å²) in [5.74, 6) is 5.69. The number of methoxy groups -OCH3 is 1. The molecule has 15 heavy (non-hydrogen) atoms. The van der Waals surface area contributed by atoms with Crippen LogP contribution in [0.2, 0.25) is 0 Å². The molecule has 0 spiro atoms. The number of nitrogens with zero attached hydrogens (tertiary/aromatic N) is 2. The predicted molar refractivity (Wildman–Crippen MR) is 56.0 cm³/mol. The molecule has 1 unspecified atom stereocenters. The first-order valence-electron chi connectivity index (χ1n) is 4.64. The highest BCUT2D eigenvalue weighted by Crippen LogP contribution is 2.02. The van der Waals surface area contributed by atoms with E-state index in [0.29, 0.717) is 19.0 Å². The highest BCUT2D eigenvalue weighted by molar-refractivity contribution is 5.28. The van der Waals surface area contributed by atoms with Gasteiger partial charge in [0.2, 0.25) is 0 Å². The molecule has 0 aromatic carbocycles. The SMILES string of the molecule is COCC(C)OCc1cnc(NN)cn1. The summed E-state index contributed by atoms with van der Waals surface area (Å²) < 4.78 is 10.4. The zero-order chi connectivity index (χ0) is 11.1. The van der Waals surface area contributed by atoms with Crippen molar-refractivity contribution in [2.24, 2.45) is 5.84 Å². The number of anilines is 1. The minimum Gasteiger partial charge on any atom is -0.382 e. The van der Waals surface area contributed by atoms with Crippen molar-refractivity contribution in [3.05, 3.63) is 18.1 Å². The van der Waals surface area contributed by atoms with Crippen LogP contribution >= 0.6 is 0 Å². The number of nitrogens with one attached hydrogen (secondary N) is 1. The van der Waals surface area contributed by atoms with Gasteiger partial charge in [-0.15, -0.1) is 0 Å². The van der Waals surface area contributed by atoms with Gasteiger partial charge in [-0.3, -0.25) is 4.98 Å². The fraction of sp³-hybridized carbons (Fsp3) is 0.556. The highest BCUT2D eigenvalue weighted by atomic mass is 16.5. The minimum atomic E-state index is 0.0455. The molecule has 1 aromatic heterocycles. The van der Waals surface area contributed by atoms with Crippen LogP contribution in [-0.4, -0.2) is 29.8 Å². The van der Waals surface area contributed by atoms with E-state index in [9.17, 15) is 0 Å². The van der Waals surface area contributed by atoms with Crippen molar-refractivity contribution in [1.82, 2.24) is 9.97 Å². The molecule has 0 radical (unpaired) electrons. The summed E-state index contributed by atoms with van der Waals surface area (Å²) >= 11 is 0. The van der Waals surface area contributed by atoms with Crippen LogP contribution < -0.4 is 11.3 Å². The van der Waals surface area contributed by atoms with E-state index in [2.05, 4.69) is 15.4 Å². The summed E-state index contributed by atoms with van der Waals surface area (Å²) in [5.41, 5.74) is 3.17. The van der Waals surface area contributed by atoms with Gasteiger partial charge in [-0.1, -0.05) is 0 Å². The van der Waals surface area contributed by atoms with Gasteiger partial charge in [-0.25, -0.2) is 10.8 Å². The van der Waals surface area contributed by atoms with E-state index < -0.39 is 0 Å². The molecule has 0 bridgehead atoms. The second-order valence-electron chi connectivity index (χ2n) is 3.11. The van der Waals surface area contributed by atoms with Crippen molar-refractivity contribution in [2.45, 2.75) is 19.6 Å². The fourth-order valence-electron chi connectivity index (χ4n) is 1.01. The molecule has 1 heterocycles. The number of aromatic nitrogens is 2. The van der Waals surface area contributed by atoms with Crippen LogP contribution in [0.3, 0.4) is 0 Å². The average molecular weight is 212 g/mol. The molecule has 0 amide bonds. The first-order valence-corrected chi connectivity index (χ1v) is 4.64. The van der Waals surface area contributed by atoms with E-state index in [1.54, 1.807) is 19.5 Å². The molecule has 6 heteroatoms. The molecule has 1 rings (SSSR count). The smallest absolute Gasteiger partial charge is 0.158 e. The van der Waals surface area contributed by atoms with Gasteiger partial charge in [0.15, 0.2) is 5.82 Å². The lowest BCUT2D eigenvalue weighted by molar-refractivity contribution is -0.00146.